The highest BCUT2D eigenvalue weighted by molar-refractivity contribution is 5.80. The number of carbonyl (C=O) groups excluding carboxylic acids is 1. The van der Waals surface area contributed by atoms with Crippen LogP contribution in [0.15, 0.2) is 24.3 Å². The second kappa shape index (κ2) is 5.77. The molecule has 1 saturated heterocycles. The summed E-state index contributed by atoms with van der Waals surface area (Å²) in [4.78, 5) is 11.6. The fraction of sp³-hybridized carbons (Fsp3) is 0.462. The average Bonchev–Trinajstić information content (AvgIpc) is 2.85. The predicted molar refractivity (Wildman–Crippen MR) is 62.1 cm³/mol. The van der Waals surface area contributed by atoms with Crippen molar-refractivity contribution >= 4 is 5.91 Å². The summed E-state index contributed by atoms with van der Waals surface area (Å²) in [5.74, 6) is -0.276. The summed E-state index contributed by atoms with van der Waals surface area (Å²) in [5, 5.41) is 2.83. The van der Waals surface area contributed by atoms with Crippen LogP contribution in [0.5, 0.6) is 0 Å². The molecular weight excluding hydrogens is 221 g/mol. The lowest BCUT2D eigenvalue weighted by atomic mass is 10.1. The SMILES string of the molecule is O=C(NCCc1ccc(F)cc1)[C@H]1CCCO1. The van der Waals surface area contributed by atoms with Crippen molar-refractivity contribution in [3.05, 3.63) is 35.6 Å². The van der Waals surface area contributed by atoms with Gasteiger partial charge >= 0.3 is 0 Å². The van der Waals surface area contributed by atoms with Crippen LogP contribution in [0.2, 0.25) is 0 Å². The number of carbonyl (C=O) groups is 1. The van der Waals surface area contributed by atoms with E-state index in [0.29, 0.717) is 19.6 Å². The van der Waals surface area contributed by atoms with E-state index in [4.69, 9.17) is 4.74 Å². The van der Waals surface area contributed by atoms with Gasteiger partial charge in [-0.3, -0.25) is 4.79 Å². The first-order valence-electron chi connectivity index (χ1n) is 5.89. The molecular formula is C13H16FNO2. The van der Waals surface area contributed by atoms with Crippen molar-refractivity contribution in [3.8, 4) is 0 Å². The molecule has 4 heteroatoms. The highest BCUT2D eigenvalue weighted by Crippen LogP contribution is 2.11. The van der Waals surface area contributed by atoms with E-state index >= 15 is 0 Å². The lowest BCUT2D eigenvalue weighted by molar-refractivity contribution is -0.129. The molecule has 0 unspecified atom stereocenters. The van der Waals surface area contributed by atoms with Crippen LogP contribution in [-0.4, -0.2) is 25.2 Å². The smallest absolute Gasteiger partial charge is 0.249 e. The van der Waals surface area contributed by atoms with Gasteiger partial charge in [-0.15, -0.1) is 0 Å². The van der Waals surface area contributed by atoms with E-state index < -0.39 is 0 Å². The lowest BCUT2D eigenvalue weighted by Crippen LogP contribution is -2.35. The second-order valence-electron chi connectivity index (χ2n) is 4.17. The van der Waals surface area contributed by atoms with Gasteiger partial charge in [0.2, 0.25) is 5.91 Å². The number of nitrogens with one attached hydrogen (secondary N) is 1. The molecule has 92 valence electrons. The first-order valence-corrected chi connectivity index (χ1v) is 5.89. The van der Waals surface area contributed by atoms with Gasteiger partial charge in [-0.25, -0.2) is 4.39 Å². The Balaban J connectivity index is 1.72. The molecule has 1 heterocycles. The van der Waals surface area contributed by atoms with Crippen LogP contribution in [0.25, 0.3) is 0 Å². The third-order valence-electron chi connectivity index (χ3n) is 2.85. The first kappa shape index (κ1) is 12.0. The van der Waals surface area contributed by atoms with Crippen molar-refractivity contribution < 1.29 is 13.9 Å². The Kier molecular flexibility index (Phi) is 4.09. The topological polar surface area (TPSA) is 38.3 Å². The maximum Gasteiger partial charge on any atom is 0.249 e. The summed E-state index contributed by atoms with van der Waals surface area (Å²) < 4.78 is 17.9. The van der Waals surface area contributed by atoms with Gasteiger partial charge in [0.15, 0.2) is 0 Å². The summed E-state index contributed by atoms with van der Waals surface area (Å²) in [7, 11) is 0. The summed E-state index contributed by atoms with van der Waals surface area (Å²) in [6.45, 7) is 1.24. The molecule has 1 aromatic rings. The molecule has 0 spiro atoms. The maximum atomic E-state index is 12.7. The molecule has 0 saturated carbocycles. The van der Waals surface area contributed by atoms with E-state index in [9.17, 15) is 9.18 Å². The number of benzene rings is 1. The zero-order chi connectivity index (χ0) is 12.1. The highest BCUT2D eigenvalue weighted by atomic mass is 19.1. The molecule has 1 aliphatic rings. The fourth-order valence-electron chi connectivity index (χ4n) is 1.88. The molecule has 0 radical (unpaired) electrons. The van der Waals surface area contributed by atoms with E-state index in [2.05, 4.69) is 5.32 Å². The number of amides is 1. The summed E-state index contributed by atoms with van der Waals surface area (Å²) >= 11 is 0. The quantitative estimate of drug-likeness (QED) is 0.865. The zero-order valence-electron chi connectivity index (χ0n) is 9.62. The normalized spacial score (nSPS) is 19.2. The molecule has 1 aliphatic heterocycles. The minimum absolute atomic E-state index is 0.0374. The lowest BCUT2D eigenvalue weighted by Gasteiger charge is -2.10. The summed E-state index contributed by atoms with van der Waals surface area (Å²) in [6.07, 6.45) is 2.19. The van der Waals surface area contributed by atoms with Crippen molar-refractivity contribution in [2.75, 3.05) is 13.2 Å². The Labute approximate surface area is 100.0 Å². The largest absolute Gasteiger partial charge is 0.368 e. The summed E-state index contributed by atoms with van der Waals surface area (Å²) in [6, 6.07) is 6.32. The minimum Gasteiger partial charge on any atom is -0.368 e. The van der Waals surface area contributed by atoms with Gasteiger partial charge in [0.25, 0.3) is 0 Å². The third kappa shape index (κ3) is 3.53. The van der Waals surface area contributed by atoms with Gasteiger partial charge in [0.1, 0.15) is 11.9 Å². The Morgan fingerprint density at radius 3 is 2.82 bits per heavy atom. The molecule has 0 bridgehead atoms. The zero-order valence-corrected chi connectivity index (χ0v) is 9.62. The summed E-state index contributed by atoms with van der Waals surface area (Å²) in [5.41, 5.74) is 1.01. The molecule has 1 N–H and O–H groups in total. The van der Waals surface area contributed by atoms with Crippen molar-refractivity contribution in [3.63, 3.8) is 0 Å². The monoisotopic (exact) mass is 237 g/mol. The number of halogens is 1. The van der Waals surface area contributed by atoms with E-state index in [-0.39, 0.29) is 17.8 Å². The molecule has 17 heavy (non-hydrogen) atoms. The second-order valence-corrected chi connectivity index (χ2v) is 4.17. The van der Waals surface area contributed by atoms with Crippen LogP contribution in [0, 0.1) is 5.82 Å². The predicted octanol–water partition coefficient (Wildman–Crippen LogP) is 1.66. The highest BCUT2D eigenvalue weighted by Gasteiger charge is 2.22. The van der Waals surface area contributed by atoms with E-state index in [1.165, 1.54) is 12.1 Å². The van der Waals surface area contributed by atoms with Crippen LogP contribution < -0.4 is 5.32 Å². The molecule has 1 amide bonds. The molecule has 1 fully saturated rings. The van der Waals surface area contributed by atoms with Crippen molar-refractivity contribution in [2.45, 2.75) is 25.4 Å². The van der Waals surface area contributed by atoms with Crippen molar-refractivity contribution in [2.24, 2.45) is 0 Å². The van der Waals surface area contributed by atoms with E-state index in [1.807, 2.05) is 0 Å². The molecule has 2 rings (SSSR count). The van der Waals surface area contributed by atoms with Gasteiger partial charge < -0.3 is 10.1 Å². The van der Waals surface area contributed by atoms with Crippen molar-refractivity contribution in [1.29, 1.82) is 0 Å². The number of ether oxygens (including phenoxy) is 1. The fourth-order valence-corrected chi connectivity index (χ4v) is 1.88. The molecule has 1 atom stereocenters. The van der Waals surface area contributed by atoms with Crippen LogP contribution in [0.3, 0.4) is 0 Å². The van der Waals surface area contributed by atoms with Gasteiger partial charge in [0, 0.05) is 13.2 Å². The van der Waals surface area contributed by atoms with Gasteiger partial charge in [-0.2, -0.15) is 0 Å². The molecule has 1 aromatic carbocycles. The first-order chi connectivity index (χ1) is 8.25. The standard InChI is InChI=1S/C13H16FNO2/c14-11-5-3-10(4-6-11)7-8-15-13(16)12-2-1-9-17-12/h3-6,12H,1-2,7-9H2,(H,15,16)/t12-/m1/s1. The Morgan fingerprint density at radius 2 is 2.18 bits per heavy atom. The van der Waals surface area contributed by atoms with Crippen LogP contribution in [-0.2, 0) is 16.0 Å². The van der Waals surface area contributed by atoms with Crippen LogP contribution in [0.4, 0.5) is 4.39 Å². The number of hydrogen-bond donors (Lipinski definition) is 1. The Hall–Kier alpha value is -1.42. The number of hydrogen-bond acceptors (Lipinski definition) is 2. The van der Waals surface area contributed by atoms with E-state index in [0.717, 1.165) is 18.4 Å². The van der Waals surface area contributed by atoms with E-state index in [1.54, 1.807) is 12.1 Å². The van der Waals surface area contributed by atoms with Gasteiger partial charge in [-0.1, -0.05) is 12.1 Å². The Morgan fingerprint density at radius 1 is 1.41 bits per heavy atom. The van der Waals surface area contributed by atoms with Crippen molar-refractivity contribution in [1.82, 2.24) is 5.32 Å². The van der Waals surface area contributed by atoms with Gasteiger partial charge in [-0.05, 0) is 37.0 Å². The average molecular weight is 237 g/mol. The molecule has 3 nitrogen and oxygen atoms in total. The number of rotatable bonds is 4. The molecule has 0 aromatic heterocycles. The van der Waals surface area contributed by atoms with Crippen LogP contribution >= 0.6 is 0 Å². The molecule has 0 aliphatic carbocycles. The van der Waals surface area contributed by atoms with Crippen LogP contribution in [0.1, 0.15) is 18.4 Å². The minimum atomic E-state index is -0.275. The Bertz CT molecular complexity index is 372. The maximum absolute atomic E-state index is 12.7. The third-order valence-corrected chi connectivity index (χ3v) is 2.85. The van der Waals surface area contributed by atoms with Gasteiger partial charge in [0.05, 0.1) is 0 Å².